The number of aromatic nitrogens is 4. The van der Waals surface area contributed by atoms with Crippen molar-refractivity contribution >= 4 is 10.0 Å². The van der Waals surface area contributed by atoms with Crippen molar-refractivity contribution in [2.75, 3.05) is 13.1 Å². The molecule has 1 fully saturated rings. The molecule has 25 heavy (non-hydrogen) atoms. The number of rotatable bonds is 4. The van der Waals surface area contributed by atoms with E-state index in [2.05, 4.69) is 10.2 Å². The fraction of sp³-hybridized carbons (Fsp3) is 0.294. The van der Waals surface area contributed by atoms with Crippen molar-refractivity contribution in [1.29, 1.82) is 0 Å². The lowest BCUT2D eigenvalue weighted by Crippen LogP contribution is -2.29. The van der Waals surface area contributed by atoms with Crippen LogP contribution in [0.15, 0.2) is 60.0 Å². The van der Waals surface area contributed by atoms with E-state index in [0.717, 1.165) is 17.9 Å². The Morgan fingerprint density at radius 1 is 1.12 bits per heavy atom. The molecule has 1 aliphatic rings. The first-order valence-corrected chi connectivity index (χ1v) is 9.57. The lowest BCUT2D eigenvalue weighted by atomic mass is 10.1. The van der Waals surface area contributed by atoms with Gasteiger partial charge in [0.1, 0.15) is 12.2 Å². The summed E-state index contributed by atoms with van der Waals surface area (Å²) in [6.45, 7) is 0.938. The van der Waals surface area contributed by atoms with Crippen molar-refractivity contribution in [2.45, 2.75) is 17.2 Å². The van der Waals surface area contributed by atoms with E-state index in [1.54, 1.807) is 18.5 Å². The van der Waals surface area contributed by atoms with E-state index < -0.39 is 10.0 Å². The average molecular weight is 357 g/mol. The summed E-state index contributed by atoms with van der Waals surface area (Å²) in [7, 11) is -1.61. The van der Waals surface area contributed by atoms with E-state index >= 15 is 0 Å². The molecule has 1 saturated heterocycles. The molecule has 0 N–H and O–H groups in total. The Labute approximate surface area is 146 Å². The second-order valence-corrected chi connectivity index (χ2v) is 8.17. The van der Waals surface area contributed by atoms with Crippen LogP contribution < -0.4 is 0 Å². The van der Waals surface area contributed by atoms with Crippen LogP contribution in [0, 0.1) is 0 Å². The summed E-state index contributed by atoms with van der Waals surface area (Å²) < 4.78 is 31.2. The van der Waals surface area contributed by atoms with Gasteiger partial charge in [-0.1, -0.05) is 0 Å². The quantitative estimate of drug-likeness (QED) is 0.713. The van der Waals surface area contributed by atoms with Crippen LogP contribution in [0.3, 0.4) is 0 Å². The van der Waals surface area contributed by atoms with Crippen LogP contribution in [0.4, 0.5) is 0 Å². The normalized spacial score (nSPS) is 18.7. The topological polar surface area (TPSA) is 73.0 Å². The highest BCUT2D eigenvalue weighted by molar-refractivity contribution is 7.89. The van der Waals surface area contributed by atoms with Gasteiger partial charge in [-0.3, -0.25) is 0 Å². The molecule has 0 saturated carbocycles. The first-order chi connectivity index (χ1) is 12.1. The zero-order valence-corrected chi connectivity index (χ0v) is 14.7. The highest BCUT2D eigenvalue weighted by atomic mass is 32.2. The highest BCUT2D eigenvalue weighted by Crippen LogP contribution is 2.30. The van der Waals surface area contributed by atoms with Gasteiger partial charge in [-0.05, 0) is 42.8 Å². The third-order valence-electron chi connectivity index (χ3n) is 4.64. The van der Waals surface area contributed by atoms with E-state index in [0.29, 0.717) is 18.0 Å². The second-order valence-electron chi connectivity index (χ2n) is 6.23. The molecule has 0 aliphatic carbocycles. The summed E-state index contributed by atoms with van der Waals surface area (Å²) >= 11 is 0. The Bertz CT molecular complexity index is 961. The van der Waals surface area contributed by atoms with Gasteiger partial charge < -0.3 is 9.13 Å². The molecular weight excluding hydrogens is 338 g/mol. The van der Waals surface area contributed by atoms with Crippen molar-refractivity contribution in [3.05, 3.63) is 60.9 Å². The third kappa shape index (κ3) is 2.87. The zero-order chi connectivity index (χ0) is 17.4. The smallest absolute Gasteiger partial charge is 0.243 e. The number of hydrogen-bond acceptors (Lipinski definition) is 4. The molecule has 130 valence electrons. The van der Waals surface area contributed by atoms with Crippen LogP contribution >= 0.6 is 0 Å². The summed E-state index contributed by atoms with van der Waals surface area (Å²) in [6.07, 6.45) is 6.25. The Balaban J connectivity index is 1.55. The van der Waals surface area contributed by atoms with Gasteiger partial charge in [0.15, 0.2) is 0 Å². The second kappa shape index (κ2) is 6.12. The van der Waals surface area contributed by atoms with Crippen molar-refractivity contribution in [3.63, 3.8) is 0 Å². The van der Waals surface area contributed by atoms with Crippen molar-refractivity contribution in [1.82, 2.24) is 23.6 Å². The largest absolute Gasteiger partial charge is 0.324 e. The molecule has 7 nitrogen and oxygen atoms in total. The molecule has 0 spiro atoms. The number of aryl methyl sites for hydroxylation is 1. The van der Waals surface area contributed by atoms with Crippen LogP contribution in [0.2, 0.25) is 0 Å². The maximum absolute atomic E-state index is 12.9. The van der Waals surface area contributed by atoms with Crippen molar-refractivity contribution in [2.24, 2.45) is 7.05 Å². The van der Waals surface area contributed by atoms with E-state index in [1.165, 1.54) is 4.31 Å². The van der Waals surface area contributed by atoms with Gasteiger partial charge in [-0.15, -0.1) is 10.2 Å². The summed E-state index contributed by atoms with van der Waals surface area (Å²) in [5.74, 6) is 0.919. The third-order valence-corrected chi connectivity index (χ3v) is 6.52. The van der Waals surface area contributed by atoms with Gasteiger partial charge in [0.2, 0.25) is 10.0 Å². The highest BCUT2D eigenvalue weighted by Gasteiger charge is 2.35. The molecule has 2 aromatic heterocycles. The van der Waals surface area contributed by atoms with Gasteiger partial charge in [0, 0.05) is 44.1 Å². The Hall–Kier alpha value is -2.45. The fourth-order valence-corrected chi connectivity index (χ4v) is 4.77. The maximum atomic E-state index is 12.9. The first kappa shape index (κ1) is 16.0. The molecule has 1 unspecified atom stereocenters. The number of benzene rings is 1. The lowest BCUT2D eigenvalue weighted by molar-refractivity contribution is 0.470. The molecule has 1 aromatic carbocycles. The number of hydrogen-bond donors (Lipinski definition) is 0. The molecule has 0 amide bonds. The summed E-state index contributed by atoms with van der Waals surface area (Å²) in [5, 5.41) is 8.00. The molecule has 0 bridgehead atoms. The molecule has 8 heteroatoms. The van der Waals surface area contributed by atoms with Crippen molar-refractivity contribution in [3.8, 4) is 5.69 Å². The minimum atomic E-state index is -3.49. The fourth-order valence-electron chi connectivity index (χ4n) is 3.26. The van der Waals surface area contributed by atoms with Crippen molar-refractivity contribution < 1.29 is 8.42 Å². The summed E-state index contributed by atoms with van der Waals surface area (Å²) in [4.78, 5) is 0.321. The van der Waals surface area contributed by atoms with E-state index in [1.807, 2.05) is 52.8 Å². The number of sulfonamides is 1. The van der Waals surface area contributed by atoms with E-state index in [4.69, 9.17) is 0 Å². The first-order valence-electron chi connectivity index (χ1n) is 8.13. The van der Waals surface area contributed by atoms with Gasteiger partial charge in [-0.25, -0.2) is 8.42 Å². The van der Waals surface area contributed by atoms with Gasteiger partial charge in [-0.2, -0.15) is 4.31 Å². The van der Waals surface area contributed by atoms with Gasteiger partial charge in [0.05, 0.1) is 4.90 Å². The van der Waals surface area contributed by atoms with Gasteiger partial charge in [0.25, 0.3) is 0 Å². The van der Waals surface area contributed by atoms with Crippen LogP contribution in [0.25, 0.3) is 5.69 Å². The molecule has 3 aromatic rings. The summed E-state index contributed by atoms with van der Waals surface area (Å²) in [5.41, 5.74) is 0.933. The van der Waals surface area contributed by atoms with E-state index in [9.17, 15) is 8.42 Å². The van der Waals surface area contributed by atoms with Crippen LogP contribution in [0.5, 0.6) is 0 Å². The predicted octanol–water partition coefficient (Wildman–Crippen LogP) is 1.78. The summed E-state index contributed by atoms with van der Waals surface area (Å²) in [6, 6.07) is 10.8. The molecule has 1 aliphatic heterocycles. The standard InChI is InChI=1S/C17H19N5O2S/c1-20-13-18-19-17(20)14-8-11-22(12-14)25(23,24)16-6-4-15(5-7-16)21-9-2-3-10-21/h2-7,9-10,13-14H,8,11-12H2,1H3. The Morgan fingerprint density at radius 2 is 1.84 bits per heavy atom. The van der Waals surface area contributed by atoms with Crippen LogP contribution in [-0.2, 0) is 17.1 Å². The van der Waals surface area contributed by atoms with Gasteiger partial charge >= 0.3 is 0 Å². The van der Waals surface area contributed by atoms with Crippen LogP contribution in [0.1, 0.15) is 18.2 Å². The van der Waals surface area contributed by atoms with Crippen LogP contribution in [-0.4, -0.2) is 45.1 Å². The average Bonchev–Trinajstić information content (AvgIpc) is 3.36. The zero-order valence-electron chi connectivity index (χ0n) is 13.9. The SMILES string of the molecule is Cn1cnnc1C1CCN(S(=O)(=O)c2ccc(-n3cccc3)cc2)C1. The molecule has 0 radical (unpaired) electrons. The lowest BCUT2D eigenvalue weighted by Gasteiger charge is -2.17. The van der Waals surface area contributed by atoms with E-state index in [-0.39, 0.29) is 5.92 Å². The molecule has 3 heterocycles. The Morgan fingerprint density at radius 3 is 2.48 bits per heavy atom. The maximum Gasteiger partial charge on any atom is 0.243 e. The minimum absolute atomic E-state index is 0.0847. The molecule has 4 rings (SSSR count). The minimum Gasteiger partial charge on any atom is -0.324 e. The number of nitrogens with zero attached hydrogens (tertiary/aromatic N) is 5. The predicted molar refractivity (Wildman–Crippen MR) is 92.9 cm³/mol. The molecular formula is C17H19N5O2S. The molecule has 1 atom stereocenters. The Kier molecular flexibility index (Phi) is 3.93. The monoisotopic (exact) mass is 357 g/mol.